The molecule has 20 heavy (non-hydrogen) atoms. The molecule has 1 heterocycles. The Balaban J connectivity index is 2.24. The van der Waals surface area contributed by atoms with E-state index < -0.39 is 0 Å². The highest BCUT2D eigenvalue weighted by Gasteiger charge is 2.15. The van der Waals surface area contributed by atoms with Crippen molar-refractivity contribution in [3.63, 3.8) is 0 Å². The van der Waals surface area contributed by atoms with Crippen LogP contribution in [0, 0.1) is 13.8 Å². The summed E-state index contributed by atoms with van der Waals surface area (Å²) in [4.78, 5) is 0. The largest absolute Gasteiger partial charge is 0.310 e. The van der Waals surface area contributed by atoms with E-state index in [1.54, 1.807) is 0 Å². The third-order valence-corrected chi connectivity index (χ3v) is 3.65. The highest BCUT2D eigenvalue weighted by atomic mass is 15.2. The fourth-order valence-electron chi connectivity index (χ4n) is 2.56. The van der Waals surface area contributed by atoms with Crippen LogP contribution in [0.2, 0.25) is 0 Å². The van der Waals surface area contributed by atoms with E-state index in [0.717, 1.165) is 19.4 Å². The van der Waals surface area contributed by atoms with Crippen molar-refractivity contribution in [1.82, 2.24) is 15.1 Å². The molecule has 2 aromatic rings. The SMILES string of the molecule is CCCNC(Cc1cnn(C)c1)c1cc(C)ccc1C. The summed E-state index contributed by atoms with van der Waals surface area (Å²) < 4.78 is 1.87. The smallest absolute Gasteiger partial charge is 0.0522 e. The van der Waals surface area contributed by atoms with Gasteiger partial charge in [-0.2, -0.15) is 5.10 Å². The Morgan fingerprint density at radius 1 is 1.30 bits per heavy atom. The van der Waals surface area contributed by atoms with Gasteiger partial charge in [0.2, 0.25) is 0 Å². The van der Waals surface area contributed by atoms with Crippen LogP contribution in [-0.2, 0) is 13.5 Å². The molecule has 3 heteroatoms. The van der Waals surface area contributed by atoms with Crippen molar-refractivity contribution in [2.75, 3.05) is 6.54 Å². The summed E-state index contributed by atoms with van der Waals surface area (Å²) in [7, 11) is 1.97. The van der Waals surface area contributed by atoms with Gasteiger partial charge in [0.1, 0.15) is 0 Å². The van der Waals surface area contributed by atoms with Gasteiger partial charge in [-0.15, -0.1) is 0 Å². The number of aryl methyl sites for hydroxylation is 3. The average Bonchev–Trinajstić information content (AvgIpc) is 2.83. The van der Waals surface area contributed by atoms with Crippen molar-refractivity contribution < 1.29 is 0 Å². The van der Waals surface area contributed by atoms with E-state index in [0.29, 0.717) is 6.04 Å². The molecule has 1 aromatic carbocycles. The van der Waals surface area contributed by atoms with E-state index in [-0.39, 0.29) is 0 Å². The van der Waals surface area contributed by atoms with Crippen molar-refractivity contribution in [2.45, 2.75) is 39.7 Å². The Kier molecular flexibility index (Phi) is 4.96. The molecule has 0 aliphatic rings. The van der Waals surface area contributed by atoms with Gasteiger partial charge in [0.05, 0.1) is 6.20 Å². The molecule has 1 atom stereocenters. The highest BCUT2D eigenvalue weighted by Crippen LogP contribution is 2.23. The van der Waals surface area contributed by atoms with Crippen LogP contribution < -0.4 is 5.32 Å². The standard InChI is InChI=1S/C17H25N3/c1-5-8-18-17(10-15-11-19-20(4)12-15)16-9-13(2)6-7-14(16)3/h6-7,9,11-12,17-18H,5,8,10H2,1-4H3. The third kappa shape index (κ3) is 3.70. The Labute approximate surface area is 122 Å². The number of benzene rings is 1. The lowest BCUT2D eigenvalue weighted by Gasteiger charge is -2.21. The van der Waals surface area contributed by atoms with Crippen molar-refractivity contribution in [3.8, 4) is 0 Å². The van der Waals surface area contributed by atoms with Gasteiger partial charge < -0.3 is 5.32 Å². The van der Waals surface area contributed by atoms with Gasteiger partial charge in [-0.1, -0.05) is 30.7 Å². The molecular formula is C17H25N3. The van der Waals surface area contributed by atoms with E-state index in [1.807, 2.05) is 17.9 Å². The normalized spacial score (nSPS) is 12.6. The number of aromatic nitrogens is 2. The molecule has 0 fully saturated rings. The summed E-state index contributed by atoms with van der Waals surface area (Å²) in [5, 5.41) is 7.95. The topological polar surface area (TPSA) is 29.9 Å². The Hall–Kier alpha value is -1.61. The van der Waals surface area contributed by atoms with E-state index in [4.69, 9.17) is 0 Å². The second-order valence-electron chi connectivity index (χ2n) is 5.59. The maximum Gasteiger partial charge on any atom is 0.0522 e. The Morgan fingerprint density at radius 2 is 2.10 bits per heavy atom. The lowest BCUT2D eigenvalue weighted by Crippen LogP contribution is -2.24. The molecule has 1 aromatic heterocycles. The second-order valence-corrected chi connectivity index (χ2v) is 5.59. The Morgan fingerprint density at radius 3 is 2.75 bits per heavy atom. The second kappa shape index (κ2) is 6.71. The van der Waals surface area contributed by atoms with Gasteiger partial charge in [0.25, 0.3) is 0 Å². The Bertz CT molecular complexity index is 557. The first kappa shape index (κ1) is 14.8. The summed E-state index contributed by atoms with van der Waals surface area (Å²) in [6, 6.07) is 7.06. The lowest BCUT2D eigenvalue weighted by molar-refractivity contribution is 0.527. The highest BCUT2D eigenvalue weighted by molar-refractivity contribution is 5.34. The van der Waals surface area contributed by atoms with Crippen LogP contribution in [0.1, 0.15) is 41.6 Å². The summed E-state index contributed by atoms with van der Waals surface area (Å²) in [5.74, 6) is 0. The molecule has 108 valence electrons. The predicted molar refractivity (Wildman–Crippen MR) is 83.9 cm³/mol. The molecule has 0 bridgehead atoms. The van der Waals surface area contributed by atoms with Crippen molar-refractivity contribution in [1.29, 1.82) is 0 Å². The maximum atomic E-state index is 4.27. The average molecular weight is 271 g/mol. The van der Waals surface area contributed by atoms with Crippen LogP contribution in [0.4, 0.5) is 0 Å². The zero-order chi connectivity index (χ0) is 14.5. The molecule has 0 saturated carbocycles. The first-order chi connectivity index (χ1) is 9.60. The zero-order valence-corrected chi connectivity index (χ0v) is 13.0. The molecule has 0 aliphatic heterocycles. The minimum absolute atomic E-state index is 0.360. The minimum Gasteiger partial charge on any atom is -0.310 e. The van der Waals surface area contributed by atoms with E-state index in [2.05, 4.69) is 55.6 Å². The van der Waals surface area contributed by atoms with Crippen LogP contribution in [0.15, 0.2) is 30.6 Å². The van der Waals surface area contributed by atoms with Crippen molar-refractivity contribution in [2.24, 2.45) is 7.05 Å². The van der Waals surface area contributed by atoms with E-state index in [1.165, 1.54) is 22.3 Å². The number of nitrogens with zero attached hydrogens (tertiary/aromatic N) is 2. The van der Waals surface area contributed by atoms with Crippen LogP contribution in [0.3, 0.4) is 0 Å². The number of rotatable bonds is 6. The summed E-state index contributed by atoms with van der Waals surface area (Å²) in [6.45, 7) is 7.60. The van der Waals surface area contributed by atoms with Crippen LogP contribution in [0.5, 0.6) is 0 Å². The van der Waals surface area contributed by atoms with Gasteiger partial charge >= 0.3 is 0 Å². The first-order valence-corrected chi connectivity index (χ1v) is 7.38. The van der Waals surface area contributed by atoms with E-state index in [9.17, 15) is 0 Å². The van der Waals surface area contributed by atoms with E-state index >= 15 is 0 Å². The van der Waals surface area contributed by atoms with Gasteiger partial charge in [-0.05, 0) is 49.9 Å². The fraction of sp³-hybridized carbons (Fsp3) is 0.471. The van der Waals surface area contributed by atoms with Gasteiger partial charge in [0.15, 0.2) is 0 Å². The first-order valence-electron chi connectivity index (χ1n) is 7.38. The molecule has 0 spiro atoms. The molecule has 0 amide bonds. The third-order valence-electron chi connectivity index (χ3n) is 3.65. The molecule has 0 saturated heterocycles. The predicted octanol–water partition coefficient (Wildman–Crippen LogP) is 3.32. The monoisotopic (exact) mass is 271 g/mol. The number of nitrogens with one attached hydrogen (secondary N) is 1. The summed E-state index contributed by atoms with van der Waals surface area (Å²) in [5.41, 5.74) is 5.36. The molecule has 1 N–H and O–H groups in total. The molecule has 3 nitrogen and oxygen atoms in total. The van der Waals surface area contributed by atoms with Crippen LogP contribution in [0.25, 0.3) is 0 Å². The zero-order valence-electron chi connectivity index (χ0n) is 13.0. The molecule has 2 rings (SSSR count). The van der Waals surface area contributed by atoms with Gasteiger partial charge in [-0.3, -0.25) is 4.68 Å². The van der Waals surface area contributed by atoms with Gasteiger partial charge in [-0.25, -0.2) is 0 Å². The number of hydrogen-bond acceptors (Lipinski definition) is 2. The molecule has 1 unspecified atom stereocenters. The van der Waals surface area contributed by atoms with Crippen LogP contribution >= 0.6 is 0 Å². The van der Waals surface area contributed by atoms with Crippen molar-refractivity contribution in [3.05, 3.63) is 52.8 Å². The molecule has 0 aliphatic carbocycles. The lowest BCUT2D eigenvalue weighted by atomic mass is 9.95. The van der Waals surface area contributed by atoms with Crippen LogP contribution in [-0.4, -0.2) is 16.3 Å². The van der Waals surface area contributed by atoms with Crippen molar-refractivity contribution >= 4 is 0 Å². The number of hydrogen-bond donors (Lipinski definition) is 1. The maximum absolute atomic E-state index is 4.27. The minimum atomic E-state index is 0.360. The molecular weight excluding hydrogens is 246 g/mol. The summed E-state index contributed by atoms with van der Waals surface area (Å²) in [6.07, 6.45) is 6.20. The van der Waals surface area contributed by atoms with Gasteiger partial charge in [0, 0.05) is 19.3 Å². The summed E-state index contributed by atoms with van der Waals surface area (Å²) >= 11 is 0. The fourth-order valence-corrected chi connectivity index (χ4v) is 2.56. The molecule has 0 radical (unpaired) electrons. The quantitative estimate of drug-likeness (QED) is 0.873.